The van der Waals surface area contributed by atoms with Crippen LogP contribution in [0.5, 0.6) is 0 Å². The first-order valence-corrected chi connectivity index (χ1v) is 8.62. The molecule has 0 fully saturated rings. The van der Waals surface area contributed by atoms with Crippen molar-refractivity contribution in [2.75, 3.05) is 6.54 Å². The lowest BCUT2D eigenvalue weighted by atomic mass is 9.98. The molecule has 0 radical (unpaired) electrons. The molecule has 5 unspecified atom stereocenters. The maximum Gasteiger partial charge on any atom is 0.328 e. The van der Waals surface area contributed by atoms with Gasteiger partial charge in [-0.3, -0.25) is 9.59 Å². The molecule has 0 heterocycles. The lowest BCUT2D eigenvalue weighted by molar-refractivity contribution is -0.145. The summed E-state index contributed by atoms with van der Waals surface area (Å²) in [5.41, 5.74) is 11.3. The average Bonchev–Trinajstić information content (AvgIpc) is 2.56. The molecule has 25 heavy (non-hydrogen) atoms. The highest BCUT2D eigenvalue weighted by molar-refractivity contribution is 5.91. The normalized spacial score (nSPS) is 17.0. The Morgan fingerprint density at radius 1 is 1.08 bits per heavy atom. The molecule has 0 bridgehead atoms. The molecule has 9 nitrogen and oxygen atoms in total. The maximum absolute atomic E-state index is 12.4. The highest BCUT2D eigenvalue weighted by Gasteiger charge is 2.30. The number of carboxylic acid groups (broad SMARTS) is 1. The van der Waals surface area contributed by atoms with Crippen LogP contribution >= 0.6 is 0 Å². The quantitative estimate of drug-likeness (QED) is 0.241. The van der Waals surface area contributed by atoms with E-state index in [1.54, 1.807) is 0 Å². The van der Waals surface area contributed by atoms with Gasteiger partial charge in [-0.05, 0) is 38.6 Å². The minimum absolute atomic E-state index is 0.0583. The van der Waals surface area contributed by atoms with E-state index in [1.165, 1.54) is 6.92 Å². The van der Waals surface area contributed by atoms with Gasteiger partial charge < -0.3 is 32.3 Å². The summed E-state index contributed by atoms with van der Waals surface area (Å²) in [7, 11) is 0. The third-order valence-corrected chi connectivity index (χ3v) is 4.19. The topological polar surface area (TPSA) is 168 Å². The number of nitrogens with one attached hydrogen (secondary N) is 2. The number of unbranched alkanes of at least 4 members (excludes halogenated alkanes) is 1. The molecule has 0 aromatic heterocycles. The molecule has 5 atom stereocenters. The summed E-state index contributed by atoms with van der Waals surface area (Å²) < 4.78 is 0. The van der Waals surface area contributed by atoms with Gasteiger partial charge in [0.15, 0.2) is 6.04 Å². The van der Waals surface area contributed by atoms with E-state index < -0.39 is 42.0 Å². The lowest BCUT2D eigenvalue weighted by Gasteiger charge is -2.25. The molecule has 0 aliphatic rings. The summed E-state index contributed by atoms with van der Waals surface area (Å²) in [5, 5.41) is 23.4. The molecule has 9 heteroatoms. The predicted octanol–water partition coefficient (Wildman–Crippen LogP) is -1.08. The first kappa shape index (κ1) is 23.3. The van der Waals surface area contributed by atoms with E-state index in [0.717, 1.165) is 0 Å². The van der Waals surface area contributed by atoms with E-state index in [9.17, 15) is 19.5 Å². The fourth-order valence-electron chi connectivity index (χ4n) is 2.18. The van der Waals surface area contributed by atoms with Crippen molar-refractivity contribution >= 4 is 17.8 Å². The summed E-state index contributed by atoms with van der Waals surface area (Å²) in [6.45, 7) is 5.45. The van der Waals surface area contributed by atoms with E-state index in [4.69, 9.17) is 16.6 Å². The van der Waals surface area contributed by atoms with Gasteiger partial charge in [0.2, 0.25) is 11.8 Å². The van der Waals surface area contributed by atoms with Crippen LogP contribution < -0.4 is 22.1 Å². The van der Waals surface area contributed by atoms with Crippen molar-refractivity contribution < 1.29 is 24.6 Å². The number of aliphatic carboxylic acids is 1. The largest absolute Gasteiger partial charge is 0.480 e. The minimum atomic E-state index is -1.45. The molecule has 0 aliphatic carbocycles. The highest BCUT2D eigenvalue weighted by Crippen LogP contribution is 2.08. The van der Waals surface area contributed by atoms with Crippen molar-refractivity contribution in [2.24, 2.45) is 17.4 Å². The van der Waals surface area contributed by atoms with Crippen molar-refractivity contribution in [3.63, 3.8) is 0 Å². The van der Waals surface area contributed by atoms with Crippen molar-refractivity contribution in [1.29, 1.82) is 0 Å². The Kier molecular flexibility index (Phi) is 11.0. The second-order valence-corrected chi connectivity index (χ2v) is 6.32. The van der Waals surface area contributed by atoms with Crippen LogP contribution in [0.2, 0.25) is 0 Å². The van der Waals surface area contributed by atoms with Crippen LogP contribution in [0.4, 0.5) is 0 Å². The fourth-order valence-corrected chi connectivity index (χ4v) is 2.18. The van der Waals surface area contributed by atoms with E-state index in [-0.39, 0.29) is 5.92 Å². The summed E-state index contributed by atoms with van der Waals surface area (Å²) in [6, 6.07) is -3.15. The molecule has 0 saturated heterocycles. The predicted molar refractivity (Wildman–Crippen MR) is 93.5 cm³/mol. The van der Waals surface area contributed by atoms with Gasteiger partial charge in [0.25, 0.3) is 0 Å². The van der Waals surface area contributed by atoms with E-state index >= 15 is 0 Å². The number of hydrogen-bond acceptors (Lipinski definition) is 6. The molecule has 2 amide bonds. The van der Waals surface area contributed by atoms with Gasteiger partial charge in [0.05, 0.1) is 12.1 Å². The monoisotopic (exact) mass is 360 g/mol. The summed E-state index contributed by atoms with van der Waals surface area (Å²) in [5.74, 6) is -2.55. The van der Waals surface area contributed by atoms with Crippen LogP contribution in [0.3, 0.4) is 0 Å². The molecule has 0 saturated carbocycles. The Labute approximate surface area is 148 Å². The van der Waals surface area contributed by atoms with Gasteiger partial charge in [-0.1, -0.05) is 20.3 Å². The lowest BCUT2D eigenvalue weighted by Crippen LogP contribution is -2.57. The van der Waals surface area contributed by atoms with E-state index in [0.29, 0.717) is 32.2 Å². The Balaban J connectivity index is 5.04. The third-order valence-electron chi connectivity index (χ3n) is 4.19. The average molecular weight is 360 g/mol. The number of hydrogen-bond donors (Lipinski definition) is 6. The van der Waals surface area contributed by atoms with Gasteiger partial charge in [0, 0.05) is 0 Å². The summed E-state index contributed by atoms with van der Waals surface area (Å²) >= 11 is 0. The number of aliphatic hydroxyl groups is 1. The minimum Gasteiger partial charge on any atom is -0.480 e. The van der Waals surface area contributed by atoms with Crippen LogP contribution in [-0.4, -0.2) is 58.8 Å². The van der Waals surface area contributed by atoms with Gasteiger partial charge in [-0.25, -0.2) is 4.79 Å². The number of nitrogens with two attached hydrogens (primary N) is 2. The Hall–Kier alpha value is -1.71. The molecule has 0 rings (SSSR count). The summed E-state index contributed by atoms with van der Waals surface area (Å²) in [6.07, 6.45) is 0.982. The number of amides is 2. The van der Waals surface area contributed by atoms with Crippen LogP contribution in [0.15, 0.2) is 0 Å². The van der Waals surface area contributed by atoms with Crippen molar-refractivity contribution in [1.82, 2.24) is 10.6 Å². The highest BCUT2D eigenvalue weighted by atomic mass is 16.4. The number of carbonyl (C=O) groups is 3. The standard InChI is InChI=1S/C16H32N4O5/c1-4-9(2)12(18)15(23)19-11(7-5-6-8-17)14(22)20-13(10(3)21)16(24)25/h9-13,21H,4-8,17-18H2,1-3H3,(H,19,23)(H,20,22)(H,24,25). The first-order chi connectivity index (χ1) is 11.6. The molecule has 0 aliphatic heterocycles. The molecule has 0 aromatic carbocycles. The Bertz CT molecular complexity index is 444. The van der Waals surface area contributed by atoms with Gasteiger partial charge in [-0.15, -0.1) is 0 Å². The number of aliphatic hydroxyl groups excluding tert-OH is 1. The second-order valence-electron chi connectivity index (χ2n) is 6.32. The van der Waals surface area contributed by atoms with Crippen molar-refractivity contribution in [3.05, 3.63) is 0 Å². The van der Waals surface area contributed by atoms with Gasteiger partial charge in [0.1, 0.15) is 6.04 Å². The zero-order valence-electron chi connectivity index (χ0n) is 15.2. The number of carboxylic acids is 1. The Morgan fingerprint density at radius 3 is 2.12 bits per heavy atom. The smallest absolute Gasteiger partial charge is 0.328 e. The molecule has 8 N–H and O–H groups in total. The van der Waals surface area contributed by atoms with Crippen LogP contribution in [0.1, 0.15) is 46.5 Å². The fraction of sp³-hybridized carbons (Fsp3) is 0.812. The zero-order chi connectivity index (χ0) is 19.6. The van der Waals surface area contributed by atoms with Gasteiger partial charge in [-0.2, -0.15) is 0 Å². The molecule has 146 valence electrons. The SMILES string of the molecule is CCC(C)C(N)C(=O)NC(CCCCN)C(=O)NC(C(=O)O)C(C)O. The zero-order valence-corrected chi connectivity index (χ0v) is 15.2. The van der Waals surface area contributed by atoms with E-state index in [1.807, 2.05) is 13.8 Å². The van der Waals surface area contributed by atoms with Crippen LogP contribution in [0.25, 0.3) is 0 Å². The van der Waals surface area contributed by atoms with E-state index in [2.05, 4.69) is 10.6 Å². The van der Waals surface area contributed by atoms with Crippen molar-refractivity contribution in [3.8, 4) is 0 Å². The molecule has 0 aromatic rings. The second kappa shape index (κ2) is 11.8. The summed E-state index contributed by atoms with van der Waals surface area (Å²) in [4.78, 5) is 35.7. The third kappa shape index (κ3) is 8.28. The molecule has 0 spiro atoms. The van der Waals surface area contributed by atoms with Crippen LogP contribution in [0, 0.1) is 5.92 Å². The van der Waals surface area contributed by atoms with Crippen molar-refractivity contribution in [2.45, 2.75) is 70.7 Å². The van der Waals surface area contributed by atoms with Crippen LogP contribution in [-0.2, 0) is 14.4 Å². The number of rotatable bonds is 12. The first-order valence-electron chi connectivity index (χ1n) is 8.62. The Morgan fingerprint density at radius 2 is 1.68 bits per heavy atom. The molecular weight excluding hydrogens is 328 g/mol. The maximum atomic E-state index is 12.4. The molecular formula is C16H32N4O5. The van der Waals surface area contributed by atoms with Gasteiger partial charge >= 0.3 is 5.97 Å². The number of carbonyl (C=O) groups excluding carboxylic acids is 2.